The molecule has 0 fully saturated rings. The Morgan fingerprint density at radius 1 is 1.23 bits per heavy atom. The second-order valence-electron chi connectivity index (χ2n) is 2.38. The minimum Gasteiger partial charge on any atom is -0.481 e. The number of benzene rings is 1. The van der Waals surface area contributed by atoms with Crippen LogP contribution in [0.25, 0.3) is 0 Å². The Kier molecular flexibility index (Phi) is 6.60. The fraction of sp³-hybridized carbons (Fsp3) is 0.364. The summed E-state index contributed by atoms with van der Waals surface area (Å²) in [7, 11) is 0. The molecule has 0 spiro atoms. The van der Waals surface area contributed by atoms with Gasteiger partial charge in [0.1, 0.15) is 0 Å². The Labute approximate surface area is 79.2 Å². The molecule has 0 aliphatic rings. The van der Waals surface area contributed by atoms with Crippen molar-refractivity contribution in [2.24, 2.45) is 0 Å². The van der Waals surface area contributed by atoms with Crippen molar-refractivity contribution in [2.45, 2.75) is 26.7 Å². The SMILES string of the molecule is CC.O=C(O)CCc1ccccc1. The topological polar surface area (TPSA) is 37.3 Å². The Bertz CT molecular complexity index is 229. The van der Waals surface area contributed by atoms with Gasteiger partial charge in [0.05, 0.1) is 0 Å². The number of aliphatic carboxylic acids is 1. The monoisotopic (exact) mass is 180 g/mol. The number of carboxylic acids is 1. The standard InChI is InChI=1S/C9H10O2.C2H6/c10-9(11)7-6-8-4-2-1-3-5-8;1-2/h1-5H,6-7H2,(H,10,11);1-2H3. The summed E-state index contributed by atoms with van der Waals surface area (Å²) in [5.74, 6) is -0.742. The minimum atomic E-state index is -0.742. The summed E-state index contributed by atoms with van der Waals surface area (Å²) in [6, 6.07) is 9.62. The van der Waals surface area contributed by atoms with Crippen molar-refractivity contribution in [1.29, 1.82) is 0 Å². The van der Waals surface area contributed by atoms with E-state index in [1.807, 2.05) is 44.2 Å². The average molecular weight is 180 g/mol. The molecule has 0 saturated carbocycles. The van der Waals surface area contributed by atoms with Gasteiger partial charge in [0.25, 0.3) is 0 Å². The van der Waals surface area contributed by atoms with Gasteiger partial charge < -0.3 is 5.11 Å². The second-order valence-corrected chi connectivity index (χ2v) is 2.38. The molecule has 0 saturated heterocycles. The van der Waals surface area contributed by atoms with E-state index in [1.165, 1.54) is 0 Å². The molecule has 0 aromatic heterocycles. The van der Waals surface area contributed by atoms with Crippen LogP contribution in [0.3, 0.4) is 0 Å². The number of rotatable bonds is 3. The lowest BCUT2D eigenvalue weighted by Crippen LogP contribution is -1.96. The second kappa shape index (κ2) is 7.35. The maximum Gasteiger partial charge on any atom is 0.303 e. The third kappa shape index (κ3) is 5.91. The number of aryl methyl sites for hydroxylation is 1. The van der Waals surface area contributed by atoms with Gasteiger partial charge in [0, 0.05) is 6.42 Å². The first-order chi connectivity index (χ1) is 6.29. The van der Waals surface area contributed by atoms with Crippen molar-refractivity contribution in [3.63, 3.8) is 0 Å². The van der Waals surface area contributed by atoms with Gasteiger partial charge in [-0.2, -0.15) is 0 Å². The summed E-state index contributed by atoms with van der Waals surface area (Å²) in [5.41, 5.74) is 1.08. The highest BCUT2D eigenvalue weighted by molar-refractivity contribution is 5.67. The molecule has 0 aliphatic heterocycles. The van der Waals surface area contributed by atoms with Gasteiger partial charge in [-0.3, -0.25) is 4.79 Å². The van der Waals surface area contributed by atoms with Gasteiger partial charge in [-0.15, -0.1) is 0 Å². The molecule has 0 radical (unpaired) electrons. The lowest BCUT2D eigenvalue weighted by atomic mass is 10.1. The normalized spacial score (nSPS) is 8.46. The molecule has 1 rings (SSSR count). The highest BCUT2D eigenvalue weighted by Gasteiger charge is 1.96. The Morgan fingerprint density at radius 2 is 1.77 bits per heavy atom. The third-order valence-corrected chi connectivity index (χ3v) is 1.47. The molecule has 2 heteroatoms. The maximum absolute atomic E-state index is 10.2. The predicted octanol–water partition coefficient (Wildman–Crippen LogP) is 2.73. The number of hydrogen-bond acceptors (Lipinski definition) is 1. The first-order valence-electron chi connectivity index (χ1n) is 4.55. The van der Waals surface area contributed by atoms with Crippen LogP contribution in [0.2, 0.25) is 0 Å². The van der Waals surface area contributed by atoms with Gasteiger partial charge >= 0.3 is 5.97 Å². The Morgan fingerprint density at radius 3 is 2.23 bits per heavy atom. The minimum absolute atomic E-state index is 0.212. The molecule has 0 heterocycles. The van der Waals surface area contributed by atoms with E-state index < -0.39 is 5.97 Å². The first-order valence-corrected chi connectivity index (χ1v) is 4.55. The molecular formula is C11H16O2. The molecule has 2 nitrogen and oxygen atoms in total. The summed E-state index contributed by atoms with van der Waals surface area (Å²) in [6.45, 7) is 4.00. The van der Waals surface area contributed by atoms with Crippen molar-refractivity contribution < 1.29 is 9.90 Å². The van der Waals surface area contributed by atoms with Gasteiger partial charge in [-0.05, 0) is 12.0 Å². The van der Waals surface area contributed by atoms with E-state index >= 15 is 0 Å². The van der Waals surface area contributed by atoms with Crippen LogP contribution in [-0.4, -0.2) is 11.1 Å². The lowest BCUT2D eigenvalue weighted by Gasteiger charge is -1.95. The van der Waals surface area contributed by atoms with Crippen LogP contribution in [0.1, 0.15) is 25.8 Å². The molecule has 0 bridgehead atoms. The lowest BCUT2D eigenvalue weighted by molar-refractivity contribution is -0.136. The molecular weight excluding hydrogens is 164 g/mol. The van der Waals surface area contributed by atoms with E-state index in [-0.39, 0.29) is 6.42 Å². The molecule has 0 atom stereocenters. The third-order valence-electron chi connectivity index (χ3n) is 1.47. The summed E-state index contributed by atoms with van der Waals surface area (Å²) >= 11 is 0. The molecule has 0 unspecified atom stereocenters. The number of carboxylic acid groups (broad SMARTS) is 1. The van der Waals surface area contributed by atoms with Gasteiger partial charge in [0.15, 0.2) is 0 Å². The van der Waals surface area contributed by atoms with E-state index in [2.05, 4.69) is 0 Å². The highest BCUT2D eigenvalue weighted by Crippen LogP contribution is 2.01. The van der Waals surface area contributed by atoms with Crippen molar-refractivity contribution in [3.8, 4) is 0 Å². The molecule has 13 heavy (non-hydrogen) atoms. The van der Waals surface area contributed by atoms with Crippen molar-refractivity contribution in [3.05, 3.63) is 35.9 Å². The van der Waals surface area contributed by atoms with Crippen LogP contribution in [0.15, 0.2) is 30.3 Å². The van der Waals surface area contributed by atoms with Crippen LogP contribution in [0.5, 0.6) is 0 Å². The molecule has 1 aromatic carbocycles. The Hall–Kier alpha value is -1.31. The molecule has 0 amide bonds. The quantitative estimate of drug-likeness (QED) is 0.776. The Balaban J connectivity index is 0.000000671. The van der Waals surface area contributed by atoms with Crippen LogP contribution >= 0.6 is 0 Å². The number of carbonyl (C=O) groups is 1. The van der Waals surface area contributed by atoms with E-state index in [0.717, 1.165) is 5.56 Å². The van der Waals surface area contributed by atoms with Gasteiger partial charge in [0.2, 0.25) is 0 Å². The zero-order valence-corrected chi connectivity index (χ0v) is 8.16. The van der Waals surface area contributed by atoms with Gasteiger partial charge in [-0.1, -0.05) is 44.2 Å². The smallest absolute Gasteiger partial charge is 0.303 e. The van der Waals surface area contributed by atoms with Crippen LogP contribution in [0.4, 0.5) is 0 Å². The van der Waals surface area contributed by atoms with E-state index in [1.54, 1.807) is 0 Å². The van der Waals surface area contributed by atoms with Crippen LogP contribution in [-0.2, 0) is 11.2 Å². The van der Waals surface area contributed by atoms with Crippen LogP contribution < -0.4 is 0 Å². The summed E-state index contributed by atoms with van der Waals surface area (Å²) in [4.78, 5) is 10.2. The van der Waals surface area contributed by atoms with E-state index in [4.69, 9.17) is 5.11 Å². The molecule has 1 aromatic rings. The van der Waals surface area contributed by atoms with Crippen molar-refractivity contribution in [1.82, 2.24) is 0 Å². The molecule has 0 aliphatic carbocycles. The van der Waals surface area contributed by atoms with Crippen LogP contribution in [0, 0.1) is 0 Å². The predicted molar refractivity (Wildman–Crippen MR) is 53.7 cm³/mol. The zero-order valence-electron chi connectivity index (χ0n) is 8.16. The zero-order chi connectivity index (χ0) is 10.1. The van der Waals surface area contributed by atoms with Gasteiger partial charge in [-0.25, -0.2) is 0 Å². The maximum atomic E-state index is 10.2. The highest BCUT2D eigenvalue weighted by atomic mass is 16.4. The van der Waals surface area contributed by atoms with E-state index in [0.29, 0.717) is 6.42 Å². The fourth-order valence-electron chi connectivity index (χ4n) is 0.896. The summed E-state index contributed by atoms with van der Waals surface area (Å²) in [6.07, 6.45) is 0.834. The van der Waals surface area contributed by atoms with Crippen molar-refractivity contribution in [2.75, 3.05) is 0 Å². The molecule has 72 valence electrons. The molecule has 1 N–H and O–H groups in total. The largest absolute Gasteiger partial charge is 0.481 e. The van der Waals surface area contributed by atoms with E-state index in [9.17, 15) is 4.79 Å². The summed E-state index contributed by atoms with van der Waals surface area (Å²) < 4.78 is 0. The first kappa shape index (κ1) is 11.7. The average Bonchev–Trinajstić information content (AvgIpc) is 2.19. The fourth-order valence-corrected chi connectivity index (χ4v) is 0.896. The summed E-state index contributed by atoms with van der Waals surface area (Å²) in [5, 5.41) is 8.37. The number of hydrogen-bond donors (Lipinski definition) is 1. The van der Waals surface area contributed by atoms with Crippen molar-refractivity contribution >= 4 is 5.97 Å².